The number of carbonyl (C=O) groups is 5. The number of hydrogen-bond acceptors (Lipinski definition) is 7. The van der Waals surface area contributed by atoms with E-state index < -0.39 is 53.8 Å². The molecule has 14 heteroatoms. The second-order valence-electron chi connectivity index (χ2n) is 10.6. The Kier molecular flexibility index (Phi) is 11.0. The summed E-state index contributed by atoms with van der Waals surface area (Å²) in [6.45, 7) is 0. The van der Waals surface area contributed by atoms with Crippen molar-refractivity contribution in [3.05, 3.63) is 90.1 Å². The summed E-state index contributed by atoms with van der Waals surface area (Å²) in [4.78, 5) is 73.2. The molecule has 0 aliphatic carbocycles. The first kappa shape index (κ1) is 32.4. The van der Waals surface area contributed by atoms with E-state index in [-0.39, 0.29) is 32.1 Å². The SMILES string of the molecule is NC(CCC(=O)O)C(=O)NC(Cc1c[nH]c2ccccc12)C(=O)NC(Cc1cnc[nH]1)C(=O)NC(Cc1ccccc1)C(=O)O. The lowest BCUT2D eigenvalue weighted by Crippen LogP contribution is -2.58. The quantitative estimate of drug-likeness (QED) is 0.0880. The Morgan fingerprint density at radius 3 is 2.09 bits per heavy atom. The minimum atomic E-state index is -1.28. The number of para-hydroxylation sites is 1. The lowest BCUT2D eigenvalue weighted by molar-refractivity contribution is -0.142. The first-order chi connectivity index (χ1) is 21.6. The number of carboxylic acid groups (broad SMARTS) is 2. The number of carboxylic acids is 2. The van der Waals surface area contributed by atoms with Crippen molar-refractivity contribution in [1.29, 1.82) is 0 Å². The van der Waals surface area contributed by atoms with Gasteiger partial charge in [-0.15, -0.1) is 0 Å². The van der Waals surface area contributed by atoms with Gasteiger partial charge in [-0.05, 0) is 23.6 Å². The summed E-state index contributed by atoms with van der Waals surface area (Å²) >= 11 is 0. The maximum atomic E-state index is 13.8. The largest absolute Gasteiger partial charge is 0.481 e. The highest BCUT2D eigenvalue weighted by atomic mass is 16.4. The molecule has 0 bridgehead atoms. The number of amides is 3. The number of nitrogens with two attached hydrogens (primary N) is 1. The van der Waals surface area contributed by atoms with Crippen molar-refractivity contribution in [2.75, 3.05) is 0 Å². The molecule has 0 aliphatic heterocycles. The molecule has 0 saturated heterocycles. The van der Waals surface area contributed by atoms with Crippen LogP contribution in [0.15, 0.2) is 73.3 Å². The molecule has 0 aliphatic rings. The fourth-order valence-corrected chi connectivity index (χ4v) is 4.84. The Balaban J connectivity index is 1.56. The molecule has 4 aromatic rings. The van der Waals surface area contributed by atoms with Crippen LogP contribution in [0.25, 0.3) is 10.9 Å². The number of aliphatic carboxylic acids is 2. The molecule has 236 valence electrons. The topological polar surface area (TPSA) is 232 Å². The van der Waals surface area contributed by atoms with E-state index in [1.807, 2.05) is 24.3 Å². The summed E-state index contributed by atoms with van der Waals surface area (Å²) in [5.74, 6) is -4.59. The summed E-state index contributed by atoms with van der Waals surface area (Å²) in [6.07, 6.45) is 4.06. The maximum Gasteiger partial charge on any atom is 0.326 e. The van der Waals surface area contributed by atoms with Crippen molar-refractivity contribution in [1.82, 2.24) is 30.9 Å². The highest BCUT2D eigenvalue weighted by Crippen LogP contribution is 2.19. The van der Waals surface area contributed by atoms with E-state index in [1.54, 1.807) is 36.5 Å². The van der Waals surface area contributed by atoms with E-state index in [1.165, 1.54) is 12.5 Å². The van der Waals surface area contributed by atoms with Crippen LogP contribution in [-0.4, -0.2) is 79.0 Å². The number of hydrogen-bond donors (Lipinski definition) is 8. The van der Waals surface area contributed by atoms with Crippen molar-refractivity contribution >= 4 is 40.6 Å². The molecule has 2 heterocycles. The second kappa shape index (κ2) is 15.3. The van der Waals surface area contributed by atoms with Crippen LogP contribution in [-0.2, 0) is 43.2 Å². The summed E-state index contributed by atoms with van der Waals surface area (Å²) < 4.78 is 0. The van der Waals surface area contributed by atoms with Crippen molar-refractivity contribution in [3.63, 3.8) is 0 Å². The summed E-state index contributed by atoms with van der Waals surface area (Å²) in [6, 6.07) is 11.2. The van der Waals surface area contributed by atoms with Crippen molar-refractivity contribution in [2.24, 2.45) is 5.73 Å². The fourth-order valence-electron chi connectivity index (χ4n) is 4.84. The van der Waals surface area contributed by atoms with Crippen molar-refractivity contribution in [3.8, 4) is 0 Å². The number of nitrogens with zero attached hydrogens (tertiary/aromatic N) is 1. The van der Waals surface area contributed by atoms with Crippen LogP contribution in [0.4, 0.5) is 0 Å². The van der Waals surface area contributed by atoms with Crippen LogP contribution < -0.4 is 21.7 Å². The molecule has 4 unspecified atom stereocenters. The number of carbonyl (C=O) groups excluding carboxylic acids is 3. The normalized spacial score (nSPS) is 13.7. The minimum absolute atomic E-state index is 0.0113. The monoisotopic (exact) mass is 617 g/mol. The predicted octanol–water partition coefficient (Wildman–Crippen LogP) is 0.650. The van der Waals surface area contributed by atoms with E-state index in [9.17, 15) is 29.1 Å². The first-order valence-corrected chi connectivity index (χ1v) is 14.3. The van der Waals surface area contributed by atoms with Crippen LogP contribution >= 0.6 is 0 Å². The van der Waals surface area contributed by atoms with Gasteiger partial charge in [-0.2, -0.15) is 0 Å². The molecule has 0 radical (unpaired) electrons. The first-order valence-electron chi connectivity index (χ1n) is 14.3. The van der Waals surface area contributed by atoms with Crippen LogP contribution in [0.2, 0.25) is 0 Å². The second-order valence-corrected chi connectivity index (χ2v) is 10.6. The molecule has 45 heavy (non-hydrogen) atoms. The lowest BCUT2D eigenvalue weighted by Gasteiger charge is -2.25. The van der Waals surface area contributed by atoms with Crippen LogP contribution in [0.5, 0.6) is 0 Å². The van der Waals surface area contributed by atoms with Gasteiger partial charge in [0.25, 0.3) is 0 Å². The summed E-state index contributed by atoms with van der Waals surface area (Å²) in [7, 11) is 0. The third-order valence-electron chi connectivity index (χ3n) is 7.25. The Morgan fingerprint density at radius 1 is 0.778 bits per heavy atom. The number of rotatable bonds is 16. The zero-order valence-corrected chi connectivity index (χ0v) is 24.2. The third kappa shape index (κ3) is 9.24. The van der Waals surface area contributed by atoms with E-state index in [0.717, 1.165) is 10.9 Å². The molecule has 0 fully saturated rings. The Bertz CT molecular complexity index is 1620. The zero-order valence-electron chi connectivity index (χ0n) is 24.2. The van der Waals surface area contributed by atoms with Gasteiger partial charge in [-0.1, -0.05) is 48.5 Å². The summed E-state index contributed by atoms with van der Waals surface area (Å²) in [5.41, 5.74) is 8.63. The molecule has 3 amide bonds. The molecule has 2 aromatic heterocycles. The van der Waals surface area contributed by atoms with Gasteiger partial charge in [-0.25, -0.2) is 9.78 Å². The average molecular weight is 618 g/mol. The van der Waals surface area contributed by atoms with E-state index in [4.69, 9.17) is 10.8 Å². The van der Waals surface area contributed by atoms with Gasteiger partial charge in [0.2, 0.25) is 17.7 Å². The number of H-pyrrole nitrogens is 2. The molecule has 4 atom stereocenters. The molecular weight excluding hydrogens is 582 g/mol. The van der Waals surface area contributed by atoms with Crippen LogP contribution in [0.3, 0.4) is 0 Å². The maximum absolute atomic E-state index is 13.8. The number of nitrogens with one attached hydrogen (secondary N) is 5. The number of aromatic nitrogens is 3. The standard InChI is InChI=1S/C31H35N7O7/c32-22(10-11-27(39)40)28(41)36-24(13-19-15-34-23-9-5-4-8-21(19)23)29(42)37-25(14-20-16-33-17-35-20)30(43)38-26(31(44)45)12-18-6-2-1-3-7-18/h1-9,15-17,22,24-26,34H,10-14,32H2,(H,33,35)(H,36,41)(H,37,42)(H,38,43)(H,39,40)(H,44,45). The van der Waals surface area contributed by atoms with Gasteiger partial charge in [0.05, 0.1) is 12.4 Å². The molecule has 4 rings (SSSR count). The molecule has 14 nitrogen and oxygen atoms in total. The Hall–Kier alpha value is -5.50. The van der Waals surface area contributed by atoms with E-state index in [2.05, 4.69) is 30.9 Å². The number of benzene rings is 2. The van der Waals surface area contributed by atoms with Crippen LogP contribution in [0.1, 0.15) is 29.7 Å². The van der Waals surface area contributed by atoms with Crippen molar-refractivity contribution < 1.29 is 34.2 Å². The number of aromatic amines is 2. The molecular formula is C31H35N7O7. The zero-order chi connectivity index (χ0) is 32.3. The molecule has 9 N–H and O–H groups in total. The Morgan fingerprint density at radius 2 is 1.42 bits per heavy atom. The molecule has 0 saturated carbocycles. The average Bonchev–Trinajstić information content (AvgIpc) is 3.69. The predicted molar refractivity (Wildman–Crippen MR) is 163 cm³/mol. The van der Waals surface area contributed by atoms with Gasteiger partial charge in [-0.3, -0.25) is 19.2 Å². The highest BCUT2D eigenvalue weighted by Gasteiger charge is 2.31. The van der Waals surface area contributed by atoms with Gasteiger partial charge in [0, 0.05) is 54.7 Å². The highest BCUT2D eigenvalue weighted by molar-refractivity contribution is 5.95. The van der Waals surface area contributed by atoms with Gasteiger partial charge in [0.15, 0.2) is 0 Å². The minimum Gasteiger partial charge on any atom is -0.481 e. The molecule has 2 aromatic carbocycles. The van der Waals surface area contributed by atoms with E-state index in [0.29, 0.717) is 16.8 Å². The lowest BCUT2D eigenvalue weighted by atomic mass is 10.0. The van der Waals surface area contributed by atoms with Gasteiger partial charge >= 0.3 is 11.9 Å². The van der Waals surface area contributed by atoms with E-state index >= 15 is 0 Å². The summed E-state index contributed by atoms with van der Waals surface area (Å²) in [5, 5.41) is 27.4. The third-order valence-corrected chi connectivity index (χ3v) is 7.25. The van der Waals surface area contributed by atoms with Crippen LogP contribution in [0, 0.1) is 0 Å². The number of fused-ring (bicyclic) bond motifs is 1. The van der Waals surface area contributed by atoms with Crippen molar-refractivity contribution in [2.45, 2.75) is 56.3 Å². The van der Waals surface area contributed by atoms with Gasteiger partial charge in [0.1, 0.15) is 18.1 Å². The number of imidazole rings is 1. The molecule has 0 spiro atoms. The van der Waals surface area contributed by atoms with Gasteiger partial charge < -0.3 is 41.9 Å². The smallest absolute Gasteiger partial charge is 0.326 e. The Labute approximate surface area is 257 Å². The fraction of sp³-hybridized carbons (Fsp3) is 0.290.